The molecule has 0 saturated heterocycles. The maximum absolute atomic E-state index is 6.16. The van der Waals surface area contributed by atoms with Gasteiger partial charge in [-0.3, -0.25) is 9.38 Å². The number of halogens is 2. The Morgan fingerprint density at radius 3 is 2.79 bits per heavy atom. The maximum atomic E-state index is 6.16. The zero-order valence-electron chi connectivity index (χ0n) is 9.85. The summed E-state index contributed by atoms with van der Waals surface area (Å²) in [6, 6.07) is 7.30. The number of fused-ring (bicyclic) bond motifs is 1. The molecule has 0 atom stereocenters. The van der Waals surface area contributed by atoms with Crippen LogP contribution in [0, 0.1) is 0 Å². The second kappa shape index (κ2) is 4.81. The quantitative estimate of drug-likeness (QED) is 0.789. The molecule has 19 heavy (non-hydrogen) atoms. The smallest absolute Gasteiger partial charge is 0.156 e. The molecule has 0 aliphatic heterocycles. The summed E-state index contributed by atoms with van der Waals surface area (Å²) in [5.41, 5.74) is 8.78. The van der Waals surface area contributed by atoms with Gasteiger partial charge >= 0.3 is 0 Å². The fourth-order valence-electron chi connectivity index (χ4n) is 2.02. The Bertz CT molecular complexity index is 737. The van der Waals surface area contributed by atoms with E-state index < -0.39 is 0 Å². The van der Waals surface area contributed by atoms with Crippen LogP contribution in [0.25, 0.3) is 17.0 Å². The molecule has 0 radical (unpaired) electrons. The standard InChI is InChI=1S/C13H10Cl2N4/c14-8-5-9(15)13-18-12(10-3-1-2-4-17-10)11(6-16)19(13)7-8/h1-5,7H,6,16H2. The largest absolute Gasteiger partial charge is 0.325 e. The lowest BCUT2D eigenvalue weighted by atomic mass is 10.2. The Hall–Kier alpha value is -1.62. The number of nitrogens with zero attached hydrogens (tertiary/aromatic N) is 3. The highest BCUT2D eigenvalue weighted by molar-refractivity contribution is 6.36. The normalized spacial score (nSPS) is 11.1. The summed E-state index contributed by atoms with van der Waals surface area (Å²) in [6.45, 7) is 0.323. The second-order valence-corrected chi connectivity index (χ2v) is 4.87. The molecule has 3 aromatic heterocycles. The van der Waals surface area contributed by atoms with Gasteiger partial charge in [0.1, 0.15) is 5.69 Å². The number of nitrogens with two attached hydrogens (primary N) is 1. The molecule has 0 amide bonds. The minimum atomic E-state index is 0.323. The summed E-state index contributed by atoms with van der Waals surface area (Å²) in [7, 11) is 0. The van der Waals surface area contributed by atoms with Gasteiger partial charge in [-0.25, -0.2) is 4.98 Å². The first-order valence-electron chi connectivity index (χ1n) is 5.68. The van der Waals surface area contributed by atoms with E-state index in [9.17, 15) is 0 Å². The van der Waals surface area contributed by atoms with Gasteiger partial charge < -0.3 is 5.73 Å². The molecule has 3 aromatic rings. The van der Waals surface area contributed by atoms with Crippen molar-refractivity contribution in [2.45, 2.75) is 6.54 Å². The summed E-state index contributed by atoms with van der Waals surface area (Å²) < 4.78 is 1.81. The molecule has 4 nitrogen and oxygen atoms in total. The van der Waals surface area contributed by atoms with E-state index in [1.807, 2.05) is 22.6 Å². The van der Waals surface area contributed by atoms with Gasteiger partial charge in [0.2, 0.25) is 0 Å². The average molecular weight is 293 g/mol. The minimum Gasteiger partial charge on any atom is -0.325 e. The first-order chi connectivity index (χ1) is 9.20. The molecule has 0 unspecified atom stereocenters. The molecule has 6 heteroatoms. The molecule has 96 valence electrons. The molecule has 0 aliphatic carbocycles. The first-order valence-corrected chi connectivity index (χ1v) is 6.43. The van der Waals surface area contributed by atoms with Crippen LogP contribution in [0.3, 0.4) is 0 Å². The molecule has 3 rings (SSSR count). The molecule has 3 heterocycles. The van der Waals surface area contributed by atoms with Gasteiger partial charge in [-0.05, 0) is 18.2 Å². The molecule has 2 N–H and O–H groups in total. The topological polar surface area (TPSA) is 56.2 Å². The van der Waals surface area contributed by atoms with E-state index in [0.29, 0.717) is 22.2 Å². The highest BCUT2D eigenvalue weighted by Gasteiger charge is 2.16. The van der Waals surface area contributed by atoms with Crippen molar-refractivity contribution in [3.8, 4) is 11.4 Å². The molecule has 0 spiro atoms. The van der Waals surface area contributed by atoms with Crippen molar-refractivity contribution in [2.75, 3.05) is 0 Å². The maximum Gasteiger partial charge on any atom is 0.156 e. The van der Waals surface area contributed by atoms with Crippen molar-refractivity contribution in [3.05, 3.63) is 52.4 Å². The zero-order chi connectivity index (χ0) is 13.4. The van der Waals surface area contributed by atoms with E-state index in [1.165, 1.54) is 0 Å². The van der Waals surface area contributed by atoms with Gasteiger partial charge in [0.25, 0.3) is 0 Å². The summed E-state index contributed by atoms with van der Waals surface area (Å²) in [5.74, 6) is 0. The van der Waals surface area contributed by atoms with E-state index in [1.54, 1.807) is 18.5 Å². The lowest BCUT2D eigenvalue weighted by Gasteiger charge is -2.02. The van der Waals surface area contributed by atoms with Gasteiger partial charge in [0.05, 0.1) is 21.4 Å². The van der Waals surface area contributed by atoms with Crippen molar-refractivity contribution in [1.29, 1.82) is 0 Å². The van der Waals surface area contributed by atoms with Gasteiger partial charge in [0.15, 0.2) is 5.65 Å². The van der Waals surface area contributed by atoms with E-state index in [-0.39, 0.29) is 0 Å². The number of aromatic nitrogens is 3. The Labute approximate surface area is 119 Å². The van der Waals surface area contributed by atoms with Crippen molar-refractivity contribution in [3.63, 3.8) is 0 Å². The third-order valence-electron chi connectivity index (χ3n) is 2.84. The summed E-state index contributed by atoms with van der Waals surface area (Å²) in [5, 5.41) is 1.03. The zero-order valence-corrected chi connectivity index (χ0v) is 11.4. The number of pyridine rings is 2. The monoisotopic (exact) mass is 292 g/mol. The van der Waals surface area contributed by atoms with Crippen molar-refractivity contribution in [2.24, 2.45) is 5.73 Å². The van der Waals surface area contributed by atoms with E-state index >= 15 is 0 Å². The summed E-state index contributed by atoms with van der Waals surface area (Å²) >= 11 is 12.2. The van der Waals surface area contributed by atoms with Crippen LogP contribution < -0.4 is 5.73 Å². The van der Waals surface area contributed by atoms with Gasteiger partial charge in [-0.15, -0.1) is 0 Å². The Morgan fingerprint density at radius 2 is 2.11 bits per heavy atom. The van der Waals surface area contributed by atoms with Gasteiger partial charge in [0, 0.05) is 18.9 Å². The Kier molecular flexibility index (Phi) is 3.14. The third-order valence-corrected chi connectivity index (χ3v) is 3.33. The van der Waals surface area contributed by atoms with Crippen LogP contribution in [0.15, 0.2) is 36.7 Å². The summed E-state index contributed by atoms with van der Waals surface area (Å²) in [4.78, 5) is 8.82. The number of hydrogen-bond donors (Lipinski definition) is 1. The third kappa shape index (κ3) is 2.08. The van der Waals surface area contributed by atoms with Gasteiger partial charge in [-0.2, -0.15) is 0 Å². The van der Waals surface area contributed by atoms with E-state index in [0.717, 1.165) is 17.1 Å². The molecule has 0 saturated carbocycles. The molecular formula is C13H10Cl2N4. The van der Waals surface area contributed by atoms with E-state index in [2.05, 4.69) is 9.97 Å². The van der Waals surface area contributed by atoms with Crippen LogP contribution in [-0.2, 0) is 6.54 Å². The second-order valence-electron chi connectivity index (χ2n) is 4.03. The van der Waals surface area contributed by atoms with Crippen LogP contribution in [0.5, 0.6) is 0 Å². The lowest BCUT2D eigenvalue weighted by molar-refractivity contribution is 0.960. The minimum absolute atomic E-state index is 0.323. The highest BCUT2D eigenvalue weighted by atomic mass is 35.5. The highest BCUT2D eigenvalue weighted by Crippen LogP contribution is 2.28. The predicted molar refractivity (Wildman–Crippen MR) is 76.3 cm³/mol. The SMILES string of the molecule is NCc1c(-c2ccccn2)nc2c(Cl)cc(Cl)cn12. The molecular weight excluding hydrogens is 283 g/mol. The summed E-state index contributed by atoms with van der Waals surface area (Å²) in [6.07, 6.45) is 3.47. The molecule has 0 aliphatic rings. The van der Waals surface area contributed by atoms with Gasteiger partial charge in [-0.1, -0.05) is 29.3 Å². The first kappa shape index (κ1) is 12.4. The fraction of sp³-hybridized carbons (Fsp3) is 0.0769. The fourth-order valence-corrected chi connectivity index (χ4v) is 2.54. The van der Waals surface area contributed by atoms with Crippen molar-refractivity contribution >= 4 is 28.8 Å². The molecule has 0 fully saturated rings. The van der Waals surface area contributed by atoms with E-state index in [4.69, 9.17) is 28.9 Å². The van der Waals surface area contributed by atoms with Crippen LogP contribution in [-0.4, -0.2) is 14.4 Å². The lowest BCUT2D eigenvalue weighted by Crippen LogP contribution is -2.03. The van der Waals surface area contributed by atoms with Crippen LogP contribution in [0.1, 0.15) is 5.69 Å². The van der Waals surface area contributed by atoms with Crippen LogP contribution >= 0.6 is 23.2 Å². The average Bonchev–Trinajstić information content (AvgIpc) is 2.78. The van der Waals surface area contributed by atoms with Crippen LogP contribution in [0.2, 0.25) is 10.0 Å². The van der Waals surface area contributed by atoms with Crippen molar-refractivity contribution in [1.82, 2.24) is 14.4 Å². The molecule has 0 aromatic carbocycles. The van der Waals surface area contributed by atoms with Crippen LogP contribution in [0.4, 0.5) is 0 Å². The Balaban J connectivity index is 2.35. The van der Waals surface area contributed by atoms with Crippen molar-refractivity contribution < 1.29 is 0 Å². The Morgan fingerprint density at radius 1 is 1.26 bits per heavy atom. The molecule has 0 bridgehead atoms. The number of rotatable bonds is 2. The number of hydrogen-bond acceptors (Lipinski definition) is 3. The predicted octanol–water partition coefficient (Wildman–Crippen LogP) is 3.16. The number of imidazole rings is 1.